The van der Waals surface area contributed by atoms with Crippen molar-refractivity contribution in [1.29, 1.82) is 0 Å². The van der Waals surface area contributed by atoms with Gasteiger partial charge in [-0.15, -0.1) is 17.8 Å². The number of nitrogens with zero attached hydrogens (tertiary/aromatic N) is 3. The zero-order chi connectivity index (χ0) is 25.4. The smallest absolute Gasteiger partial charge is 0.327 e. The number of ether oxygens (including phenoxy) is 1. The minimum atomic E-state index is -0.611. The van der Waals surface area contributed by atoms with E-state index in [-0.39, 0.29) is 36.2 Å². The van der Waals surface area contributed by atoms with Crippen LogP contribution >= 0.6 is 11.3 Å². The highest BCUT2D eigenvalue weighted by atomic mass is 32.1. The van der Waals surface area contributed by atoms with Crippen molar-refractivity contribution in [2.75, 3.05) is 19.7 Å². The molecule has 0 aliphatic carbocycles. The third-order valence-corrected chi connectivity index (χ3v) is 7.40. The number of likely N-dealkylation sites (tertiary alicyclic amines) is 1. The van der Waals surface area contributed by atoms with E-state index in [0.717, 1.165) is 12.8 Å². The van der Waals surface area contributed by atoms with Gasteiger partial charge in [-0.2, -0.15) is 0 Å². The van der Waals surface area contributed by atoms with E-state index in [4.69, 9.17) is 11.2 Å². The molecule has 0 radical (unpaired) electrons. The molecule has 3 aromatic heterocycles. The van der Waals surface area contributed by atoms with Crippen LogP contribution in [0.5, 0.6) is 11.5 Å². The SMILES string of the molecule is C#CCNC(=O)n1c(C)cc2c(F)c(Oc3ccnc4cc(C(=O)N5CCCC5CO)sc34)ccc21. The lowest BCUT2D eigenvalue weighted by molar-refractivity contribution is 0.0682. The van der Waals surface area contributed by atoms with E-state index < -0.39 is 11.8 Å². The quantitative estimate of drug-likeness (QED) is 0.394. The Hall–Kier alpha value is -3.94. The predicted octanol–water partition coefficient (Wildman–Crippen LogP) is 4.28. The fourth-order valence-corrected chi connectivity index (χ4v) is 5.59. The van der Waals surface area contributed by atoms with Crippen LogP contribution in [0.15, 0.2) is 36.5 Å². The van der Waals surface area contributed by atoms with Gasteiger partial charge in [-0.05, 0) is 44.0 Å². The maximum absolute atomic E-state index is 15.5. The first-order valence-electron chi connectivity index (χ1n) is 11.4. The molecule has 2 N–H and O–H groups in total. The second-order valence-electron chi connectivity index (χ2n) is 8.51. The van der Waals surface area contributed by atoms with Crippen molar-refractivity contribution in [3.8, 4) is 23.8 Å². The van der Waals surface area contributed by atoms with Gasteiger partial charge in [-0.3, -0.25) is 14.3 Å². The summed E-state index contributed by atoms with van der Waals surface area (Å²) in [6.45, 7) is 2.29. The van der Waals surface area contributed by atoms with Gasteiger partial charge in [-0.1, -0.05) is 5.92 Å². The van der Waals surface area contributed by atoms with Gasteiger partial charge in [0, 0.05) is 29.9 Å². The topological polar surface area (TPSA) is 96.7 Å². The van der Waals surface area contributed by atoms with Crippen molar-refractivity contribution in [3.63, 3.8) is 0 Å². The zero-order valence-corrected chi connectivity index (χ0v) is 20.3. The van der Waals surface area contributed by atoms with Gasteiger partial charge in [0.15, 0.2) is 11.6 Å². The fraction of sp³-hybridized carbons (Fsp3) is 0.269. The summed E-state index contributed by atoms with van der Waals surface area (Å²) in [5, 5.41) is 12.4. The predicted molar refractivity (Wildman–Crippen MR) is 135 cm³/mol. The molecule has 184 valence electrons. The highest BCUT2D eigenvalue weighted by molar-refractivity contribution is 7.21. The molecule has 1 saturated heterocycles. The summed E-state index contributed by atoms with van der Waals surface area (Å²) in [4.78, 5) is 32.0. The number of hydrogen-bond acceptors (Lipinski definition) is 6. The third kappa shape index (κ3) is 4.06. The Morgan fingerprint density at radius 1 is 1.33 bits per heavy atom. The molecule has 1 aliphatic heterocycles. The molecule has 4 heterocycles. The number of aliphatic hydroxyl groups is 1. The lowest BCUT2D eigenvalue weighted by atomic mass is 10.2. The van der Waals surface area contributed by atoms with Crippen molar-refractivity contribution in [1.82, 2.24) is 19.8 Å². The average molecular weight is 507 g/mol. The number of nitrogens with one attached hydrogen (secondary N) is 1. The largest absolute Gasteiger partial charge is 0.453 e. The maximum Gasteiger partial charge on any atom is 0.327 e. The molecule has 0 spiro atoms. The molecule has 10 heteroatoms. The molecule has 8 nitrogen and oxygen atoms in total. The summed E-state index contributed by atoms with van der Waals surface area (Å²) < 4.78 is 23.4. The molecule has 1 atom stereocenters. The number of halogens is 1. The zero-order valence-electron chi connectivity index (χ0n) is 19.5. The van der Waals surface area contributed by atoms with Gasteiger partial charge in [0.2, 0.25) is 0 Å². The Balaban J connectivity index is 1.47. The van der Waals surface area contributed by atoms with E-state index in [0.29, 0.717) is 38.6 Å². The molecule has 5 rings (SSSR count). The number of aromatic nitrogens is 2. The monoisotopic (exact) mass is 506 g/mol. The number of pyridine rings is 1. The van der Waals surface area contributed by atoms with Crippen LogP contribution < -0.4 is 10.1 Å². The van der Waals surface area contributed by atoms with E-state index in [2.05, 4.69) is 16.2 Å². The lowest BCUT2D eigenvalue weighted by Crippen LogP contribution is -2.37. The number of aryl methyl sites for hydroxylation is 1. The molecule has 2 amide bonds. The summed E-state index contributed by atoms with van der Waals surface area (Å²) in [6.07, 6.45) is 8.38. The van der Waals surface area contributed by atoms with Crippen LogP contribution in [-0.4, -0.2) is 57.2 Å². The van der Waals surface area contributed by atoms with Crippen LogP contribution in [0.25, 0.3) is 21.1 Å². The number of rotatable bonds is 5. The normalized spacial score (nSPS) is 15.4. The van der Waals surface area contributed by atoms with E-state index in [1.807, 2.05) is 0 Å². The van der Waals surface area contributed by atoms with Gasteiger partial charge in [-0.25, -0.2) is 9.18 Å². The number of carbonyl (C=O) groups is 2. The standard InChI is InChI=1S/C26H23FN4O4S/c1-3-9-29-26(34)31-15(2)12-17-19(31)6-7-20(23(17)27)35-21-8-10-28-18-13-22(36-24(18)21)25(33)30-11-4-5-16(30)14-32/h1,6-8,10,12-13,16,32H,4-5,9,11,14H2,2H3,(H,29,34). The summed E-state index contributed by atoms with van der Waals surface area (Å²) in [7, 11) is 0. The Kier molecular flexibility index (Phi) is 6.35. The molecule has 1 fully saturated rings. The van der Waals surface area contributed by atoms with Crippen LogP contribution in [0, 0.1) is 25.1 Å². The molecule has 36 heavy (non-hydrogen) atoms. The molecule has 0 saturated carbocycles. The summed E-state index contributed by atoms with van der Waals surface area (Å²) in [5.41, 5.74) is 1.50. The number of aliphatic hydroxyl groups excluding tert-OH is 1. The number of hydrogen-bond donors (Lipinski definition) is 2. The number of fused-ring (bicyclic) bond motifs is 2. The average Bonchev–Trinajstić information content (AvgIpc) is 3.60. The summed E-state index contributed by atoms with van der Waals surface area (Å²) >= 11 is 1.22. The van der Waals surface area contributed by atoms with Gasteiger partial charge in [0.05, 0.1) is 39.8 Å². The Morgan fingerprint density at radius 3 is 2.94 bits per heavy atom. The van der Waals surface area contributed by atoms with Crippen molar-refractivity contribution in [3.05, 3.63) is 52.9 Å². The van der Waals surface area contributed by atoms with Crippen LogP contribution in [-0.2, 0) is 0 Å². The maximum atomic E-state index is 15.5. The molecule has 4 aromatic rings. The van der Waals surface area contributed by atoms with Gasteiger partial charge in [0.1, 0.15) is 5.75 Å². The van der Waals surface area contributed by atoms with E-state index in [9.17, 15) is 14.7 Å². The molecule has 1 aliphatic rings. The first-order chi connectivity index (χ1) is 17.4. The van der Waals surface area contributed by atoms with Crippen LogP contribution in [0.2, 0.25) is 0 Å². The fourth-order valence-electron chi connectivity index (χ4n) is 4.57. The van der Waals surface area contributed by atoms with E-state index in [1.54, 1.807) is 36.1 Å². The first-order valence-corrected chi connectivity index (χ1v) is 12.2. The summed E-state index contributed by atoms with van der Waals surface area (Å²) in [5.74, 6) is 1.92. The van der Waals surface area contributed by atoms with Crippen LogP contribution in [0.1, 0.15) is 28.2 Å². The summed E-state index contributed by atoms with van der Waals surface area (Å²) in [6, 6.07) is 7.33. The van der Waals surface area contributed by atoms with Gasteiger partial charge in [0.25, 0.3) is 5.91 Å². The van der Waals surface area contributed by atoms with Gasteiger partial charge < -0.3 is 20.1 Å². The Labute approximate surface area is 210 Å². The highest BCUT2D eigenvalue weighted by Crippen LogP contribution is 2.38. The van der Waals surface area contributed by atoms with Crippen molar-refractivity contribution in [2.45, 2.75) is 25.8 Å². The Morgan fingerprint density at radius 2 is 2.17 bits per heavy atom. The van der Waals surface area contributed by atoms with Crippen LogP contribution in [0.3, 0.4) is 0 Å². The highest BCUT2D eigenvalue weighted by Gasteiger charge is 2.30. The minimum Gasteiger partial charge on any atom is -0.453 e. The van der Waals surface area contributed by atoms with Crippen molar-refractivity contribution < 1.29 is 23.8 Å². The second-order valence-corrected chi connectivity index (χ2v) is 9.56. The second kappa shape index (κ2) is 9.60. The first kappa shape index (κ1) is 23.8. The molecular formula is C26H23FN4O4S. The van der Waals surface area contributed by atoms with Crippen molar-refractivity contribution >= 4 is 44.4 Å². The van der Waals surface area contributed by atoms with Crippen LogP contribution in [0.4, 0.5) is 9.18 Å². The number of benzene rings is 1. The number of amides is 2. The number of thiophene rings is 1. The van der Waals surface area contributed by atoms with E-state index >= 15 is 4.39 Å². The Bertz CT molecular complexity index is 1540. The molecule has 0 bridgehead atoms. The third-order valence-electron chi connectivity index (χ3n) is 6.27. The minimum absolute atomic E-state index is 0.0163. The number of carbonyl (C=O) groups excluding carboxylic acids is 2. The van der Waals surface area contributed by atoms with Gasteiger partial charge >= 0.3 is 6.03 Å². The van der Waals surface area contributed by atoms with E-state index in [1.165, 1.54) is 28.2 Å². The van der Waals surface area contributed by atoms with Crippen molar-refractivity contribution in [2.24, 2.45) is 0 Å². The molecule has 1 aromatic carbocycles. The molecule has 1 unspecified atom stereocenters. The molecular weight excluding hydrogens is 483 g/mol. The number of terminal acetylenes is 1. The lowest BCUT2D eigenvalue weighted by Gasteiger charge is -2.22.